The molecule has 0 aromatic heterocycles. The maximum atomic E-state index is 10.4. The summed E-state index contributed by atoms with van der Waals surface area (Å²) in [6, 6.07) is 0. The molecule has 0 atom stereocenters. The lowest BCUT2D eigenvalue weighted by molar-refractivity contribution is 0.406. The SMILES string of the molecule is CC/C=C\S(=O)(=O)OC. The minimum absolute atomic E-state index is 0.697. The second kappa shape index (κ2) is 3.63. The molecule has 0 heterocycles. The first-order chi connectivity index (χ1) is 4.12. The predicted octanol–water partition coefficient (Wildman–Crippen LogP) is 0.886. The molecule has 0 aliphatic rings. The molecule has 0 bridgehead atoms. The van der Waals surface area contributed by atoms with Gasteiger partial charge in [-0.05, 0) is 6.42 Å². The van der Waals surface area contributed by atoms with Crippen LogP contribution in [-0.4, -0.2) is 15.5 Å². The largest absolute Gasteiger partial charge is 0.289 e. The lowest BCUT2D eigenvalue weighted by Crippen LogP contribution is -1.95. The third-order valence-electron chi connectivity index (χ3n) is 0.731. The average molecular weight is 150 g/mol. The van der Waals surface area contributed by atoms with Crippen LogP contribution in [0, 0.1) is 0 Å². The summed E-state index contributed by atoms with van der Waals surface area (Å²) >= 11 is 0. The number of hydrogen-bond donors (Lipinski definition) is 0. The van der Waals surface area contributed by atoms with E-state index in [1.165, 1.54) is 6.08 Å². The Morgan fingerprint density at radius 3 is 2.44 bits per heavy atom. The molecule has 0 saturated heterocycles. The molecule has 0 amide bonds. The standard InChI is InChI=1S/C5H10O3S/c1-3-4-5-9(6,7)8-2/h4-5H,3H2,1-2H3/b5-4-. The van der Waals surface area contributed by atoms with Gasteiger partial charge in [-0.2, -0.15) is 8.42 Å². The Hall–Kier alpha value is -0.350. The summed E-state index contributed by atoms with van der Waals surface area (Å²) < 4.78 is 25.0. The smallest absolute Gasteiger partial charge is 0.270 e. The summed E-state index contributed by atoms with van der Waals surface area (Å²) in [6.45, 7) is 1.85. The molecule has 4 heteroatoms. The van der Waals surface area contributed by atoms with Crippen molar-refractivity contribution in [3.8, 4) is 0 Å². The van der Waals surface area contributed by atoms with E-state index in [2.05, 4.69) is 4.18 Å². The van der Waals surface area contributed by atoms with Gasteiger partial charge in [0.1, 0.15) is 0 Å². The van der Waals surface area contributed by atoms with Gasteiger partial charge in [0.05, 0.1) is 12.5 Å². The topological polar surface area (TPSA) is 43.4 Å². The molecular formula is C5H10O3S. The van der Waals surface area contributed by atoms with E-state index in [0.717, 1.165) is 12.5 Å². The third-order valence-corrected chi connectivity index (χ3v) is 1.72. The zero-order valence-electron chi connectivity index (χ0n) is 5.49. The number of allylic oxidation sites excluding steroid dienone is 1. The molecule has 0 spiro atoms. The van der Waals surface area contributed by atoms with Crippen molar-refractivity contribution >= 4 is 10.1 Å². The summed E-state index contributed by atoms with van der Waals surface area (Å²) in [4.78, 5) is 0. The first kappa shape index (κ1) is 8.65. The van der Waals surface area contributed by atoms with Crippen molar-refractivity contribution in [2.75, 3.05) is 7.11 Å². The van der Waals surface area contributed by atoms with Crippen molar-refractivity contribution in [3.63, 3.8) is 0 Å². The monoisotopic (exact) mass is 150 g/mol. The maximum absolute atomic E-state index is 10.4. The highest BCUT2D eigenvalue weighted by Crippen LogP contribution is 1.92. The average Bonchev–Trinajstić information content (AvgIpc) is 1.84. The van der Waals surface area contributed by atoms with Crippen LogP contribution >= 0.6 is 0 Å². The van der Waals surface area contributed by atoms with Gasteiger partial charge in [-0.3, -0.25) is 4.18 Å². The molecule has 0 N–H and O–H groups in total. The van der Waals surface area contributed by atoms with Crippen LogP contribution in [0.2, 0.25) is 0 Å². The van der Waals surface area contributed by atoms with Gasteiger partial charge in [0.2, 0.25) is 0 Å². The lowest BCUT2D eigenvalue weighted by atomic mass is 10.5. The Kier molecular flexibility index (Phi) is 3.49. The Balaban J connectivity index is 4.04. The van der Waals surface area contributed by atoms with Crippen molar-refractivity contribution in [3.05, 3.63) is 11.5 Å². The van der Waals surface area contributed by atoms with E-state index in [4.69, 9.17) is 0 Å². The Morgan fingerprint density at radius 2 is 2.11 bits per heavy atom. The Morgan fingerprint density at radius 1 is 1.56 bits per heavy atom. The fourth-order valence-electron chi connectivity index (χ4n) is 0.270. The van der Waals surface area contributed by atoms with Gasteiger partial charge in [0.15, 0.2) is 0 Å². The fraction of sp³-hybridized carbons (Fsp3) is 0.600. The van der Waals surface area contributed by atoms with Gasteiger partial charge in [-0.15, -0.1) is 0 Å². The van der Waals surface area contributed by atoms with Crippen LogP contribution in [0.15, 0.2) is 11.5 Å². The van der Waals surface area contributed by atoms with Gasteiger partial charge < -0.3 is 0 Å². The molecule has 0 aliphatic heterocycles. The molecule has 0 saturated carbocycles. The molecule has 9 heavy (non-hydrogen) atoms. The molecule has 0 unspecified atom stereocenters. The number of rotatable bonds is 3. The minimum atomic E-state index is -3.36. The summed E-state index contributed by atoms with van der Waals surface area (Å²) in [5.41, 5.74) is 0. The highest BCUT2D eigenvalue weighted by Gasteiger charge is 1.98. The van der Waals surface area contributed by atoms with Crippen molar-refractivity contribution in [1.29, 1.82) is 0 Å². The van der Waals surface area contributed by atoms with Gasteiger partial charge in [0.25, 0.3) is 10.1 Å². The van der Waals surface area contributed by atoms with Gasteiger partial charge >= 0.3 is 0 Å². The van der Waals surface area contributed by atoms with E-state index in [0.29, 0.717) is 6.42 Å². The van der Waals surface area contributed by atoms with E-state index in [9.17, 15) is 8.42 Å². The van der Waals surface area contributed by atoms with Gasteiger partial charge in [-0.25, -0.2) is 0 Å². The second-order valence-corrected chi connectivity index (χ2v) is 3.03. The van der Waals surface area contributed by atoms with E-state index in [-0.39, 0.29) is 0 Å². The van der Waals surface area contributed by atoms with Crippen molar-refractivity contribution < 1.29 is 12.6 Å². The fourth-order valence-corrected chi connectivity index (χ4v) is 0.809. The number of hydrogen-bond acceptors (Lipinski definition) is 3. The van der Waals surface area contributed by atoms with Gasteiger partial charge in [0, 0.05) is 0 Å². The van der Waals surface area contributed by atoms with Crippen LogP contribution in [-0.2, 0) is 14.3 Å². The Bertz CT molecular complexity index is 178. The summed E-state index contributed by atoms with van der Waals surface area (Å²) in [7, 11) is -2.23. The molecular weight excluding hydrogens is 140 g/mol. The molecule has 0 rings (SSSR count). The van der Waals surface area contributed by atoms with E-state index in [1.54, 1.807) is 0 Å². The van der Waals surface area contributed by atoms with E-state index < -0.39 is 10.1 Å². The van der Waals surface area contributed by atoms with Crippen molar-refractivity contribution in [2.45, 2.75) is 13.3 Å². The van der Waals surface area contributed by atoms with Crippen LogP contribution in [0.25, 0.3) is 0 Å². The predicted molar refractivity (Wildman–Crippen MR) is 35.4 cm³/mol. The van der Waals surface area contributed by atoms with Crippen LogP contribution in [0.4, 0.5) is 0 Å². The van der Waals surface area contributed by atoms with E-state index in [1.807, 2.05) is 6.92 Å². The zero-order valence-corrected chi connectivity index (χ0v) is 6.31. The summed E-state index contributed by atoms with van der Waals surface area (Å²) in [5.74, 6) is 0. The van der Waals surface area contributed by atoms with Crippen LogP contribution < -0.4 is 0 Å². The maximum Gasteiger partial charge on any atom is 0.289 e. The first-order valence-corrected chi connectivity index (χ1v) is 4.06. The highest BCUT2D eigenvalue weighted by atomic mass is 32.2. The third kappa shape index (κ3) is 4.17. The quantitative estimate of drug-likeness (QED) is 0.561. The van der Waals surface area contributed by atoms with Crippen LogP contribution in [0.3, 0.4) is 0 Å². The van der Waals surface area contributed by atoms with Gasteiger partial charge in [-0.1, -0.05) is 13.0 Å². The van der Waals surface area contributed by atoms with Crippen LogP contribution in [0.5, 0.6) is 0 Å². The molecule has 0 fully saturated rings. The first-order valence-electron chi connectivity index (χ1n) is 2.59. The molecule has 3 nitrogen and oxygen atoms in total. The van der Waals surface area contributed by atoms with Crippen LogP contribution in [0.1, 0.15) is 13.3 Å². The molecule has 0 radical (unpaired) electrons. The normalized spacial score (nSPS) is 12.7. The van der Waals surface area contributed by atoms with E-state index >= 15 is 0 Å². The molecule has 0 aromatic carbocycles. The molecule has 0 aliphatic carbocycles. The molecule has 0 aromatic rings. The molecule has 54 valence electrons. The minimum Gasteiger partial charge on any atom is -0.270 e. The lowest BCUT2D eigenvalue weighted by Gasteiger charge is -1.89. The summed E-state index contributed by atoms with van der Waals surface area (Å²) in [6.07, 6.45) is 2.22. The van der Waals surface area contributed by atoms with Crippen molar-refractivity contribution in [1.82, 2.24) is 0 Å². The van der Waals surface area contributed by atoms with Crippen molar-refractivity contribution in [2.24, 2.45) is 0 Å². The Labute approximate surface area is 55.5 Å². The highest BCUT2D eigenvalue weighted by molar-refractivity contribution is 7.89. The second-order valence-electron chi connectivity index (χ2n) is 1.44. The zero-order chi connectivity index (χ0) is 7.33. The summed E-state index contributed by atoms with van der Waals surface area (Å²) in [5, 5.41) is 1.05.